The summed E-state index contributed by atoms with van der Waals surface area (Å²) < 4.78 is 0. The smallest absolute Gasteiger partial charge is 0.255 e. The number of phenols is 1. The second-order valence-corrected chi connectivity index (χ2v) is 5.37. The SMILES string of the molecule is O=C(Nc1cc(O)cc(Cc2ccccc2)c1)c1ccccc1. The van der Waals surface area contributed by atoms with E-state index in [4.69, 9.17) is 0 Å². The van der Waals surface area contributed by atoms with E-state index in [0.29, 0.717) is 17.7 Å². The molecule has 0 heterocycles. The number of phenolic OH excluding ortho intramolecular Hbond substituents is 1. The fraction of sp³-hybridized carbons (Fsp3) is 0.0500. The molecule has 0 radical (unpaired) electrons. The van der Waals surface area contributed by atoms with E-state index < -0.39 is 0 Å². The molecule has 3 rings (SSSR count). The standard InChI is InChI=1S/C20H17NO2/c22-19-13-16(11-15-7-3-1-4-8-15)12-18(14-19)21-20(23)17-9-5-2-6-10-17/h1-10,12-14,22H,11H2,(H,21,23). The van der Waals surface area contributed by atoms with E-state index in [0.717, 1.165) is 11.1 Å². The van der Waals surface area contributed by atoms with Crippen molar-refractivity contribution < 1.29 is 9.90 Å². The molecule has 114 valence electrons. The third-order valence-corrected chi connectivity index (χ3v) is 3.52. The lowest BCUT2D eigenvalue weighted by molar-refractivity contribution is 0.102. The number of nitrogens with one attached hydrogen (secondary N) is 1. The van der Waals surface area contributed by atoms with Gasteiger partial charge in [0.15, 0.2) is 0 Å². The normalized spacial score (nSPS) is 10.3. The lowest BCUT2D eigenvalue weighted by Crippen LogP contribution is -2.11. The molecule has 2 N–H and O–H groups in total. The van der Waals surface area contributed by atoms with Crippen molar-refractivity contribution >= 4 is 11.6 Å². The lowest BCUT2D eigenvalue weighted by Gasteiger charge is -2.09. The number of hydrogen-bond acceptors (Lipinski definition) is 2. The maximum absolute atomic E-state index is 12.2. The summed E-state index contributed by atoms with van der Waals surface area (Å²) in [4.78, 5) is 12.2. The quantitative estimate of drug-likeness (QED) is 0.757. The number of aromatic hydroxyl groups is 1. The first-order valence-electron chi connectivity index (χ1n) is 7.44. The van der Waals surface area contributed by atoms with E-state index in [-0.39, 0.29) is 11.7 Å². The molecule has 1 amide bonds. The van der Waals surface area contributed by atoms with Crippen molar-refractivity contribution in [2.45, 2.75) is 6.42 Å². The minimum Gasteiger partial charge on any atom is -0.508 e. The van der Waals surface area contributed by atoms with E-state index in [9.17, 15) is 9.90 Å². The topological polar surface area (TPSA) is 49.3 Å². The molecule has 0 bridgehead atoms. The number of anilines is 1. The predicted octanol–water partition coefficient (Wildman–Crippen LogP) is 4.24. The van der Waals surface area contributed by atoms with E-state index in [1.165, 1.54) is 0 Å². The maximum atomic E-state index is 12.2. The molecular weight excluding hydrogens is 286 g/mol. The van der Waals surface area contributed by atoms with Crippen LogP contribution in [0.4, 0.5) is 5.69 Å². The summed E-state index contributed by atoms with van der Waals surface area (Å²) >= 11 is 0. The van der Waals surface area contributed by atoms with Crippen LogP contribution >= 0.6 is 0 Å². The zero-order chi connectivity index (χ0) is 16.1. The molecule has 0 fully saturated rings. The fourth-order valence-electron chi connectivity index (χ4n) is 2.47. The van der Waals surface area contributed by atoms with Gasteiger partial charge < -0.3 is 10.4 Å². The molecule has 0 unspecified atom stereocenters. The van der Waals surface area contributed by atoms with Gasteiger partial charge in [0.2, 0.25) is 0 Å². The summed E-state index contributed by atoms with van der Waals surface area (Å²) in [6.07, 6.45) is 0.698. The van der Waals surface area contributed by atoms with Gasteiger partial charge in [0.1, 0.15) is 5.75 Å². The molecule has 0 aliphatic carbocycles. The van der Waals surface area contributed by atoms with E-state index >= 15 is 0 Å². The number of hydrogen-bond donors (Lipinski definition) is 2. The number of carbonyl (C=O) groups is 1. The number of carbonyl (C=O) groups excluding carboxylic acids is 1. The van der Waals surface area contributed by atoms with Gasteiger partial charge in [0.05, 0.1) is 0 Å². The molecule has 23 heavy (non-hydrogen) atoms. The van der Waals surface area contributed by atoms with Crippen molar-refractivity contribution in [3.05, 3.63) is 95.6 Å². The molecule has 0 atom stereocenters. The fourth-order valence-corrected chi connectivity index (χ4v) is 2.47. The van der Waals surface area contributed by atoms with Crippen LogP contribution in [0.25, 0.3) is 0 Å². The average molecular weight is 303 g/mol. The highest BCUT2D eigenvalue weighted by Crippen LogP contribution is 2.22. The second-order valence-electron chi connectivity index (χ2n) is 5.37. The van der Waals surface area contributed by atoms with Gasteiger partial charge in [-0.3, -0.25) is 4.79 Å². The molecule has 0 saturated carbocycles. The van der Waals surface area contributed by atoms with Crippen molar-refractivity contribution in [3.63, 3.8) is 0 Å². The number of amides is 1. The van der Waals surface area contributed by atoms with Crippen LogP contribution in [0.2, 0.25) is 0 Å². The molecule has 3 nitrogen and oxygen atoms in total. The average Bonchev–Trinajstić information content (AvgIpc) is 2.56. The Hall–Kier alpha value is -3.07. The largest absolute Gasteiger partial charge is 0.508 e. The third kappa shape index (κ3) is 3.98. The molecule has 0 aliphatic heterocycles. The Morgan fingerprint density at radius 1 is 0.826 bits per heavy atom. The first kappa shape index (κ1) is 14.9. The minimum absolute atomic E-state index is 0.141. The van der Waals surface area contributed by atoms with Gasteiger partial charge in [-0.2, -0.15) is 0 Å². The molecule has 3 aromatic rings. The van der Waals surface area contributed by atoms with Gasteiger partial charge in [-0.25, -0.2) is 0 Å². The van der Waals surface area contributed by atoms with Crippen molar-refractivity contribution in [2.75, 3.05) is 5.32 Å². The van der Waals surface area contributed by atoms with Gasteiger partial charge in [-0.05, 0) is 41.8 Å². The van der Waals surface area contributed by atoms with E-state index in [1.54, 1.807) is 24.3 Å². The summed E-state index contributed by atoms with van der Waals surface area (Å²) in [6, 6.07) is 24.2. The summed E-state index contributed by atoms with van der Waals surface area (Å²) in [7, 11) is 0. The van der Waals surface area contributed by atoms with Gasteiger partial charge in [-0.15, -0.1) is 0 Å². The summed E-state index contributed by atoms with van der Waals surface area (Å²) in [5.41, 5.74) is 3.27. The monoisotopic (exact) mass is 303 g/mol. The van der Waals surface area contributed by atoms with Crippen LogP contribution in [0.1, 0.15) is 21.5 Å². The van der Waals surface area contributed by atoms with Crippen LogP contribution < -0.4 is 5.32 Å². The first-order valence-corrected chi connectivity index (χ1v) is 7.44. The summed E-state index contributed by atoms with van der Waals surface area (Å²) in [5, 5.41) is 12.7. The van der Waals surface area contributed by atoms with Crippen LogP contribution in [-0.4, -0.2) is 11.0 Å². The van der Waals surface area contributed by atoms with E-state index in [2.05, 4.69) is 5.32 Å². The van der Waals surface area contributed by atoms with Crippen LogP contribution in [0.5, 0.6) is 5.75 Å². The Kier molecular flexibility index (Phi) is 4.39. The highest BCUT2D eigenvalue weighted by molar-refractivity contribution is 6.04. The Bertz CT molecular complexity index is 798. The van der Waals surface area contributed by atoms with Crippen LogP contribution in [0.3, 0.4) is 0 Å². The first-order chi connectivity index (χ1) is 11.2. The predicted molar refractivity (Wildman–Crippen MR) is 91.8 cm³/mol. The maximum Gasteiger partial charge on any atom is 0.255 e. The Balaban J connectivity index is 1.79. The van der Waals surface area contributed by atoms with Gasteiger partial charge in [0.25, 0.3) is 5.91 Å². The Morgan fingerprint density at radius 3 is 2.17 bits per heavy atom. The molecule has 0 aliphatic rings. The third-order valence-electron chi connectivity index (χ3n) is 3.52. The summed E-state index contributed by atoms with van der Waals surface area (Å²) in [6.45, 7) is 0. The van der Waals surface area contributed by atoms with Crippen molar-refractivity contribution in [3.8, 4) is 5.75 Å². The second kappa shape index (κ2) is 6.79. The summed E-state index contributed by atoms with van der Waals surface area (Å²) in [5.74, 6) is -0.0522. The molecule has 0 aromatic heterocycles. The van der Waals surface area contributed by atoms with Crippen molar-refractivity contribution in [1.82, 2.24) is 0 Å². The Labute approximate surface area is 135 Å². The highest BCUT2D eigenvalue weighted by Gasteiger charge is 2.07. The van der Waals surface area contributed by atoms with Crippen molar-refractivity contribution in [2.24, 2.45) is 0 Å². The van der Waals surface area contributed by atoms with Gasteiger partial charge in [-0.1, -0.05) is 48.5 Å². The van der Waals surface area contributed by atoms with Crippen LogP contribution in [0.15, 0.2) is 78.9 Å². The molecule has 0 spiro atoms. The van der Waals surface area contributed by atoms with Gasteiger partial charge >= 0.3 is 0 Å². The molecule has 0 saturated heterocycles. The van der Waals surface area contributed by atoms with Gasteiger partial charge in [0, 0.05) is 17.3 Å². The zero-order valence-electron chi connectivity index (χ0n) is 12.6. The van der Waals surface area contributed by atoms with Crippen LogP contribution in [-0.2, 0) is 6.42 Å². The minimum atomic E-state index is -0.193. The molecule has 3 aromatic carbocycles. The number of benzene rings is 3. The van der Waals surface area contributed by atoms with Crippen LogP contribution in [0, 0.1) is 0 Å². The number of rotatable bonds is 4. The van der Waals surface area contributed by atoms with E-state index in [1.807, 2.05) is 54.6 Å². The highest BCUT2D eigenvalue weighted by atomic mass is 16.3. The molecular formula is C20H17NO2. The molecule has 3 heteroatoms. The lowest BCUT2D eigenvalue weighted by atomic mass is 10.0. The van der Waals surface area contributed by atoms with Crippen molar-refractivity contribution in [1.29, 1.82) is 0 Å². The Morgan fingerprint density at radius 2 is 1.48 bits per heavy atom. The zero-order valence-corrected chi connectivity index (χ0v) is 12.6.